The molecule has 0 bridgehead atoms. The Balaban J connectivity index is 2.43. The molecule has 1 aliphatic heterocycles. The van der Waals surface area contributed by atoms with Gasteiger partial charge in [-0.2, -0.15) is 0 Å². The molecule has 1 N–H and O–H groups in total. The highest BCUT2D eigenvalue weighted by atomic mass is 14.9. The van der Waals surface area contributed by atoms with Gasteiger partial charge in [-0.05, 0) is 12.3 Å². The Labute approximate surface area is 54.2 Å². The van der Waals surface area contributed by atoms with E-state index in [4.69, 9.17) is 0 Å². The van der Waals surface area contributed by atoms with Gasteiger partial charge in [0.1, 0.15) is 6.67 Å². The molecule has 0 atom stereocenters. The molecule has 0 aliphatic carbocycles. The van der Waals surface area contributed by atoms with Crippen LogP contribution in [0.3, 0.4) is 0 Å². The van der Waals surface area contributed by atoms with E-state index >= 15 is 0 Å². The van der Waals surface area contributed by atoms with Gasteiger partial charge in [0, 0.05) is 19.0 Å². The lowest BCUT2D eigenvalue weighted by molar-refractivity contribution is 1.02. The molecule has 1 aliphatic rings. The molecule has 1 rings (SSSR count). The summed E-state index contributed by atoms with van der Waals surface area (Å²) in [4.78, 5) is 7.91. The number of nitrogens with one attached hydrogen (secondary N) is 1. The number of hydrogen-bond donors (Lipinski definition) is 1. The van der Waals surface area contributed by atoms with Gasteiger partial charge < -0.3 is 5.32 Å². The zero-order chi connectivity index (χ0) is 6.36. The van der Waals surface area contributed by atoms with Crippen molar-refractivity contribution in [3.8, 4) is 0 Å². The summed E-state index contributed by atoms with van der Waals surface area (Å²) in [6.45, 7) is 1.34. The molecule has 1 heterocycles. The fourth-order valence-electron chi connectivity index (χ4n) is 0.509. The van der Waals surface area contributed by atoms with Crippen LogP contribution in [0.15, 0.2) is 22.3 Å². The topological polar surface area (TPSA) is 36.8 Å². The van der Waals surface area contributed by atoms with Crippen LogP contribution in [-0.4, -0.2) is 25.6 Å². The van der Waals surface area contributed by atoms with Crippen LogP contribution >= 0.6 is 0 Å². The minimum atomic E-state index is 0.548. The first-order chi connectivity index (χ1) is 4.50. The second kappa shape index (κ2) is 3.83. The molecule has 0 radical (unpaired) electrons. The third kappa shape index (κ3) is 2.64. The predicted molar refractivity (Wildman–Crippen MR) is 39.0 cm³/mol. The molecule has 0 fully saturated rings. The van der Waals surface area contributed by atoms with Gasteiger partial charge in [0.25, 0.3) is 0 Å². The van der Waals surface area contributed by atoms with Gasteiger partial charge in [0.15, 0.2) is 0 Å². The Bertz CT molecular complexity index is 146. The first-order valence-electron chi connectivity index (χ1n) is 2.87. The van der Waals surface area contributed by atoms with E-state index in [9.17, 15) is 0 Å². The van der Waals surface area contributed by atoms with E-state index in [0.29, 0.717) is 6.67 Å². The second-order valence-corrected chi connectivity index (χ2v) is 1.61. The Kier molecular flexibility index (Phi) is 2.56. The van der Waals surface area contributed by atoms with Gasteiger partial charge in [-0.15, -0.1) is 0 Å². The van der Waals surface area contributed by atoms with Crippen LogP contribution in [0, 0.1) is 0 Å². The van der Waals surface area contributed by atoms with Crippen LogP contribution in [0.5, 0.6) is 0 Å². The van der Waals surface area contributed by atoms with Crippen LogP contribution in [0.25, 0.3) is 0 Å². The molecule has 0 amide bonds. The summed E-state index contributed by atoms with van der Waals surface area (Å²) in [7, 11) is 0. The number of allylic oxidation sites excluding steroid dienone is 1. The van der Waals surface area contributed by atoms with Crippen LogP contribution in [0.1, 0.15) is 0 Å². The van der Waals surface area contributed by atoms with Crippen molar-refractivity contribution in [2.75, 3.05) is 13.2 Å². The molecule has 0 spiro atoms. The van der Waals surface area contributed by atoms with Crippen molar-refractivity contribution in [2.24, 2.45) is 9.98 Å². The Morgan fingerprint density at radius 3 is 3.33 bits per heavy atom. The molecule has 3 nitrogen and oxygen atoms in total. The number of rotatable bonds is 0. The fraction of sp³-hybridized carbons (Fsp3) is 0.333. The largest absolute Gasteiger partial charge is 0.386 e. The van der Waals surface area contributed by atoms with Crippen molar-refractivity contribution >= 4 is 12.4 Å². The first kappa shape index (κ1) is 6.01. The summed E-state index contributed by atoms with van der Waals surface area (Å²) in [5.41, 5.74) is 0. The molecule has 0 aromatic rings. The molecule has 0 saturated carbocycles. The SMILES string of the molecule is C1=C\NC/C=N\C\N=C/1. The van der Waals surface area contributed by atoms with Gasteiger partial charge in [0.2, 0.25) is 0 Å². The zero-order valence-corrected chi connectivity index (χ0v) is 5.12. The second-order valence-electron chi connectivity index (χ2n) is 1.61. The summed E-state index contributed by atoms with van der Waals surface area (Å²) in [5, 5.41) is 3.01. The third-order valence-corrected chi connectivity index (χ3v) is 0.907. The van der Waals surface area contributed by atoms with Gasteiger partial charge in [-0.3, -0.25) is 9.98 Å². The summed E-state index contributed by atoms with van der Waals surface area (Å²) >= 11 is 0. The third-order valence-electron chi connectivity index (χ3n) is 0.907. The normalized spacial score (nSPS) is 28.4. The molecular formula is C6H9N3. The standard InChI is InChI=1S/C6H9N3/c1-2-7-4-5-9-6-8-3-1/h1-3,5,7H,4,6H2/b2-1-,8-3-,9-5-. The highest BCUT2D eigenvalue weighted by Gasteiger charge is 1.75. The van der Waals surface area contributed by atoms with E-state index < -0.39 is 0 Å². The minimum absolute atomic E-state index is 0.548. The van der Waals surface area contributed by atoms with Crippen LogP contribution in [-0.2, 0) is 0 Å². The van der Waals surface area contributed by atoms with Crippen molar-refractivity contribution in [1.82, 2.24) is 5.32 Å². The van der Waals surface area contributed by atoms with Crippen LogP contribution in [0.2, 0.25) is 0 Å². The van der Waals surface area contributed by atoms with E-state index in [-0.39, 0.29) is 0 Å². The maximum absolute atomic E-state index is 3.97. The van der Waals surface area contributed by atoms with Gasteiger partial charge in [0.05, 0.1) is 0 Å². The van der Waals surface area contributed by atoms with Gasteiger partial charge in [-0.25, -0.2) is 0 Å². The summed E-state index contributed by atoms with van der Waals surface area (Å²) < 4.78 is 0. The van der Waals surface area contributed by atoms with E-state index in [1.165, 1.54) is 0 Å². The Morgan fingerprint density at radius 2 is 2.33 bits per heavy atom. The smallest absolute Gasteiger partial charge is 0.128 e. The van der Waals surface area contributed by atoms with Crippen molar-refractivity contribution in [2.45, 2.75) is 0 Å². The average molecular weight is 123 g/mol. The van der Waals surface area contributed by atoms with Gasteiger partial charge >= 0.3 is 0 Å². The van der Waals surface area contributed by atoms with Crippen molar-refractivity contribution < 1.29 is 0 Å². The van der Waals surface area contributed by atoms with Crippen molar-refractivity contribution in [3.63, 3.8) is 0 Å². The molecule has 0 aromatic carbocycles. The predicted octanol–water partition coefficient (Wildman–Crippen LogP) is 0.202. The molecule has 48 valence electrons. The van der Waals surface area contributed by atoms with Gasteiger partial charge in [-0.1, -0.05) is 0 Å². The molecule has 9 heavy (non-hydrogen) atoms. The van der Waals surface area contributed by atoms with Crippen LogP contribution < -0.4 is 5.32 Å². The van der Waals surface area contributed by atoms with E-state index in [0.717, 1.165) is 6.54 Å². The molecule has 0 unspecified atom stereocenters. The minimum Gasteiger partial charge on any atom is -0.386 e. The van der Waals surface area contributed by atoms with E-state index in [2.05, 4.69) is 15.3 Å². The summed E-state index contributed by atoms with van der Waals surface area (Å²) in [6, 6.07) is 0. The first-order valence-corrected chi connectivity index (χ1v) is 2.87. The lowest BCUT2D eigenvalue weighted by Crippen LogP contribution is -2.07. The summed E-state index contributed by atoms with van der Waals surface area (Å²) in [6.07, 6.45) is 7.25. The highest BCUT2D eigenvalue weighted by molar-refractivity contribution is 5.71. The summed E-state index contributed by atoms with van der Waals surface area (Å²) in [5.74, 6) is 0. The molecule has 0 aromatic heterocycles. The maximum atomic E-state index is 3.97. The maximum Gasteiger partial charge on any atom is 0.128 e. The number of nitrogens with zero attached hydrogens (tertiary/aromatic N) is 2. The Morgan fingerprint density at radius 1 is 1.33 bits per heavy atom. The monoisotopic (exact) mass is 123 g/mol. The lowest BCUT2D eigenvalue weighted by Gasteiger charge is -1.87. The number of aliphatic imine (C=N–C) groups is 2. The highest BCUT2D eigenvalue weighted by Crippen LogP contribution is 1.73. The molecule has 0 saturated heterocycles. The number of hydrogen-bond acceptors (Lipinski definition) is 3. The van der Waals surface area contributed by atoms with Crippen LogP contribution in [0.4, 0.5) is 0 Å². The zero-order valence-electron chi connectivity index (χ0n) is 5.12. The van der Waals surface area contributed by atoms with Crippen molar-refractivity contribution in [3.05, 3.63) is 12.3 Å². The fourth-order valence-corrected chi connectivity index (χ4v) is 0.509. The van der Waals surface area contributed by atoms with Crippen molar-refractivity contribution in [1.29, 1.82) is 0 Å². The van der Waals surface area contributed by atoms with E-state index in [1.807, 2.05) is 18.5 Å². The van der Waals surface area contributed by atoms with E-state index in [1.54, 1.807) is 6.21 Å². The molecular weight excluding hydrogens is 114 g/mol. The lowest BCUT2D eigenvalue weighted by atomic mass is 10.6. The Hall–Kier alpha value is -1.12. The molecule has 3 heteroatoms. The average Bonchev–Trinajstić information content (AvgIpc) is 2.00. The quantitative estimate of drug-likeness (QED) is 0.491.